The summed E-state index contributed by atoms with van der Waals surface area (Å²) in [5.74, 6) is -0.189. The van der Waals surface area contributed by atoms with Gasteiger partial charge in [-0.25, -0.2) is 9.78 Å². The molecule has 2 aromatic rings. The molecule has 26 heavy (non-hydrogen) atoms. The van der Waals surface area contributed by atoms with E-state index in [2.05, 4.69) is 4.98 Å². The summed E-state index contributed by atoms with van der Waals surface area (Å²) in [6, 6.07) is 5.20. The predicted octanol–water partition coefficient (Wildman–Crippen LogP) is 5.17. The predicted molar refractivity (Wildman–Crippen MR) is 90.9 cm³/mol. The summed E-state index contributed by atoms with van der Waals surface area (Å²) < 4.78 is 46.0. The van der Waals surface area contributed by atoms with Crippen molar-refractivity contribution in [3.63, 3.8) is 0 Å². The molecule has 1 aliphatic rings. The lowest BCUT2D eigenvalue weighted by molar-refractivity contribution is -0.137. The first kappa shape index (κ1) is 18.5. The molecule has 140 valence electrons. The summed E-state index contributed by atoms with van der Waals surface area (Å²) in [5.41, 5.74) is 0.413. The Labute approximate surface area is 150 Å². The normalized spacial score (nSPS) is 15.9. The highest BCUT2D eigenvalue weighted by Gasteiger charge is 2.32. The first-order chi connectivity index (χ1) is 12.3. The molecule has 1 aromatic carbocycles. The second-order valence-corrected chi connectivity index (χ2v) is 6.60. The van der Waals surface area contributed by atoms with Gasteiger partial charge in [0.05, 0.1) is 12.7 Å². The van der Waals surface area contributed by atoms with Gasteiger partial charge in [0.1, 0.15) is 5.82 Å². The molecule has 0 spiro atoms. The molecule has 1 fully saturated rings. The Kier molecular flexibility index (Phi) is 5.07. The first-order valence-corrected chi connectivity index (χ1v) is 8.67. The number of imidazole rings is 1. The zero-order valence-corrected chi connectivity index (χ0v) is 14.8. The van der Waals surface area contributed by atoms with Crippen LogP contribution >= 0.6 is 0 Å². The van der Waals surface area contributed by atoms with Gasteiger partial charge in [0.15, 0.2) is 5.69 Å². The molecule has 1 aliphatic carbocycles. The molecule has 1 aromatic heterocycles. The Morgan fingerprint density at radius 1 is 1.23 bits per heavy atom. The molecule has 0 N–H and O–H groups in total. The molecule has 0 saturated heterocycles. The molecular formula is C19H21F3N2O2. The number of hydrogen-bond acceptors (Lipinski definition) is 3. The molecule has 0 aliphatic heterocycles. The van der Waals surface area contributed by atoms with Crippen molar-refractivity contribution in [2.24, 2.45) is 0 Å². The summed E-state index contributed by atoms with van der Waals surface area (Å²) >= 11 is 0. The van der Waals surface area contributed by atoms with Gasteiger partial charge < -0.3 is 9.30 Å². The van der Waals surface area contributed by atoms with Gasteiger partial charge in [-0.15, -0.1) is 0 Å². The maximum Gasteiger partial charge on any atom is 0.416 e. The van der Waals surface area contributed by atoms with Gasteiger partial charge in [0.2, 0.25) is 0 Å². The number of nitrogens with zero attached hydrogens (tertiary/aromatic N) is 2. The summed E-state index contributed by atoms with van der Waals surface area (Å²) in [4.78, 5) is 16.4. The van der Waals surface area contributed by atoms with Crippen LogP contribution in [0.15, 0.2) is 24.3 Å². The maximum atomic E-state index is 13.1. The van der Waals surface area contributed by atoms with Crippen LogP contribution in [0.3, 0.4) is 0 Å². The Balaban J connectivity index is 2.15. The molecule has 0 amide bonds. The monoisotopic (exact) mass is 366 g/mol. The van der Waals surface area contributed by atoms with Crippen molar-refractivity contribution in [2.45, 2.75) is 51.2 Å². The lowest BCUT2D eigenvalue weighted by Gasteiger charge is -2.26. The quantitative estimate of drug-likeness (QED) is 0.704. The topological polar surface area (TPSA) is 44.1 Å². The fourth-order valence-corrected chi connectivity index (χ4v) is 3.63. The van der Waals surface area contributed by atoms with Crippen molar-refractivity contribution < 1.29 is 22.7 Å². The highest BCUT2D eigenvalue weighted by molar-refractivity contribution is 5.89. The second-order valence-electron chi connectivity index (χ2n) is 6.60. The van der Waals surface area contributed by atoms with E-state index >= 15 is 0 Å². The summed E-state index contributed by atoms with van der Waals surface area (Å²) in [5, 5.41) is 0. The molecule has 7 heteroatoms. The van der Waals surface area contributed by atoms with E-state index in [4.69, 9.17) is 4.74 Å². The molecule has 0 atom stereocenters. The molecule has 0 radical (unpaired) electrons. The van der Waals surface area contributed by atoms with Crippen LogP contribution in [0, 0.1) is 6.92 Å². The zero-order valence-electron chi connectivity index (χ0n) is 14.8. The van der Waals surface area contributed by atoms with E-state index in [0.29, 0.717) is 17.1 Å². The lowest BCUT2D eigenvalue weighted by atomic mass is 9.94. The number of methoxy groups -OCH3 is 1. The number of halogens is 3. The van der Waals surface area contributed by atoms with Crippen LogP contribution in [-0.2, 0) is 10.9 Å². The number of ether oxygens (including phenoxy) is 1. The number of carbonyl (C=O) groups is 1. The first-order valence-electron chi connectivity index (χ1n) is 8.67. The molecule has 3 rings (SSSR count). The largest absolute Gasteiger partial charge is 0.464 e. The van der Waals surface area contributed by atoms with Crippen molar-refractivity contribution >= 4 is 5.97 Å². The number of esters is 1. The van der Waals surface area contributed by atoms with Gasteiger partial charge in [-0.05, 0) is 31.9 Å². The number of rotatable bonds is 3. The van der Waals surface area contributed by atoms with Gasteiger partial charge in [0.25, 0.3) is 0 Å². The van der Waals surface area contributed by atoms with E-state index in [0.717, 1.165) is 44.2 Å². The third kappa shape index (κ3) is 3.48. The highest BCUT2D eigenvalue weighted by Crippen LogP contribution is 2.37. The van der Waals surface area contributed by atoms with Crippen LogP contribution in [0.25, 0.3) is 11.4 Å². The smallest absolute Gasteiger partial charge is 0.416 e. The van der Waals surface area contributed by atoms with Gasteiger partial charge >= 0.3 is 12.1 Å². The van der Waals surface area contributed by atoms with Crippen molar-refractivity contribution in [2.75, 3.05) is 7.11 Å². The van der Waals surface area contributed by atoms with Crippen molar-refractivity contribution in [1.82, 2.24) is 9.55 Å². The van der Waals surface area contributed by atoms with Gasteiger partial charge in [-0.2, -0.15) is 13.2 Å². The Morgan fingerprint density at radius 3 is 2.54 bits per heavy atom. The number of aromatic nitrogens is 2. The number of alkyl halides is 3. The molecule has 0 unspecified atom stereocenters. The van der Waals surface area contributed by atoms with Crippen LogP contribution in [0.1, 0.15) is 59.9 Å². The van der Waals surface area contributed by atoms with Crippen LogP contribution in [0.4, 0.5) is 13.2 Å². The van der Waals surface area contributed by atoms with Crippen molar-refractivity contribution in [3.05, 3.63) is 41.2 Å². The van der Waals surface area contributed by atoms with Crippen LogP contribution in [0.2, 0.25) is 0 Å². The average molecular weight is 366 g/mol. The number of benzene rings is 1. The Bertz CT molecular complexity index is 806. The van der Waals surface area contributed by atoms with E-state index < -0.39 is 17.7 Å². The Hall–Kier alpha value is -2.31. The van der Waals surface area contributed by atoms with E-state index in [1.807, 2.05) is 4.57 Å². The van der Waals surface area contributed by atoms with Crippen molar-refractivity contribution in [3.8, 4) is 11.4 Å². The second kappa shape index (κ2) is 7.13. The molecular weight excluding hydrogens is 345 g/mol. The van der Waals surface area contributed by atoms with E-state index in [1.165, 1.54) is 13.2 Å². The highest BCUT2D eigenvalue weighted by atomic mass is 19.4. The summed E-state index contributed by atoms with van der Waals surface area (Å²) in [6.07, 6.45) is 0.661. The Morgan fingerprint density at radius 2 is 1.92 bits per heavy atom. The number of carbonyl (C=O) groups excluding carboxylic acids is 1. The third-order valence-electron chi connectivity index (χ3n) is 4.92. The molecule has 4 nitrogen and oxygen atoms in total. The average Bonchev–Trinajstić information content (AvgIpc) is 2.98. The van der Waals surface area contributed by atoms with Crippen LogP contribution in [-0.4, -0.2) is 22.6 Å². The molecule has 1 heterocycles. The van der Waals surface area contributed by atoms with E-state index in [1.54, 1.807) is 13.0 Å². The van der Waals surface area contributed by atoms with Crippen molar-refractivity contribution in [1.29, 1.82) is 0 Å². The van der Waals surface area contributed by atoms with Gasteiger partial charge in [0, 0.05) is 17.3 Å². The number of hydrogen-bond donors (Lipinski definition) is 0. The standard InChI is InChI=1S/C19H21F3N2O2/c1-12-16(18(25)26-2)23-17(24(12)15-9-4-3-5-10-15)13-7-6-8-14(11-13)19(20,21)22/h6-8,11,15H,3-5,9-10H2,1-2H3. The summed E-state index contributed by atoms with van der Waals surface area (Å²) in [7, 11) is 1.27. The van der Waals surface area contributed by atoms with E-state index in [-0.39, 0.29) is 11.7 Å². The SMILES string of the molecule is COC(=O)c1nc(-c2cccc(C(F)(F)F)c2)n(C2CCCCC2)c1C. The zero-order chi connectivity index (χ0) is 18.9. The minimum absolute atomic E-state index is 0.124. The van der Waals surface area contributed by atoms with Crippen LogP contribution in [0.5, 0.6) is 0 Å². The van der Waals surface area contributed by atoms with Gasteiger partial charge in [-0.3, -0.25) is 0 Å². The maximum absolute atomic E-state index is 13.1. The minimum atomic E-state index is -4.43. The van der Waals surface area contributed by atoms with Gasteiger partial charge in [-0.1, -0.05) is 31.4 Å². The minimum Gasteiger partial charge on any atom is -0.464 e. The third-order valence-corrected chi connectivity index (χ3v) is 4.92. The fourth-order valence-electron chi connectivity index (χ4n) is 3.63. The molecule has 1 saturated carbocycles. The lowest BCUT2D eigenvalue weighted by Crippen LogP contribution is -2.16. The molecule has 0 bridgehead atoms. The fraction of sp³-hybridized carbons (Fsp3) is 0.474. The summed E-state index contributed by atoms with van der Waals surface area (Å²) in [6.45, 7) is 1.77. The van der Waals surface area contributed by atoms with Crippen LogP contribution < -0.4 is 0 Å². The van der Waals surface area contributed by atoms with E-state index in [9.17, 15) is 18.0 Å².